The summed E-state index contributed by atoms with van der Waals surface area (Å²) in [5.41, 5.74) is 2.12. The van der Waals surface area contributed by atoms with Gasteiger partial charge in [-0.2, -0.15) is 5.26 Å². The molecule has 0 amide bonds. The second-order valence-electron chi connectivity index (χ2n) is 3.57. The summed E-state index contributed by atoms with van der Waals surface area (Å²) in [5.74, 6) is -0.788. The Morgan fingerprint density at radius 3 is 2.71 bits per heavy atom. The fourth-order valence-electron chi connectivity index (χ4n) is 1.63. The molecule has 2 aromatic rings. The molecule has 0 fully saturated rings. The molecule has 0 bridgehead atoms. The van der Waals surface area contributed by atoms with Crippen LogP contribution in [0.5, 0.6) is 0 Å². The standard InChI is InChI=1S/C13H11NO3/c15-13(17-16)12-9-14-7-6-11(12)8-10-4-2-1-3-5-10/h1-7,9,16H,8H2. The first-order chi connectivity index (χ1) is 8.31. The van der Waals surface area contributed by atoms with E-state index in [9.17, 15) is 4.79 Å². The number of hydrogen-bond donors (Lipinski definition) is 1. The average Bonchev–Trinajstić information content (AvgIpc) is 2.40. The largest absolute Gasteiger partial charge is 0.374 e. The maximum Gasteiger partial charge on any atom is 0.374 e. The Balaban J connectivity index is 2.30. The number of benzene rings is 1. The number of aromatic nitrogens is 1. The zero-order valence-electron chi connectivity index (χ0n) is 9.04. The van der Waals surface area contributed by atoms with E-state index >= 15 is 0 Å². The first-order valence-corrected chi connectivity index (χ1v) is 5.14. The topological polar surface area (TPSA) is 59.4 Å². The Morgan fingerprint density at radius 2 is 2.00 bits per heavy atom. The lowest BCUT2D eigenvalue weighted by molar-refractivity contribution is -0.182. The van der Waals surface area contributed by atoms with Crippen LogP contribution in [0.2, 0.25) is 0 Å². The minimum absolute atomic E-state index is 0.277. The number of pyridine rings is 1. The molecule has 4 nitrogen and oxygen atoms in total. The van der Waals surface area contributed by atoms with Crippen molar-refractivity contribution in [1.29, 1.82) is 0 Å². The first kappa shape index (κ1) is 11.3. The monoisotopic (exact) mass is 229 g/mol. The van der Waals surface area contributed by atoms with Gasteiger partial charge in [-0.25, -0.2) is 4.79 Å². The van der Waals surface area contributed by atoms with E-state index in [1.165, 1.54) is 6.20 Å². The molecular weight excluding hydrogens is 218 g/mol. The van der Waals surface area contributed by atoms with Crippen LogP contribution in [-0.4, -0.2) is 16.2 Å². The van der Waals surface area contributed by atoms with Crippen LogP contribution in [0.15, 0.2) is 48.8 Å². The van der Waals surface area contributed by atoms with Gasteiger partial charge in [-0.15, -0.1) is 0 Å². The third-order valence-corrected chi connectivity index (χ3v) is 2.45. The van der Waals surface area contributed by atoms with Crippen molar-refractivity contribution in [1.82, 2.24) is 4.98 Å². The lowest BCUT2D eigenvalue weighted by Crippen LogP contribution is -2.07. The normalized spacial score (nSPS) is 9.94. The smallest absolute Gasteiger partial charge is 0.295 e. The van der Waals surface area contributed by atoms with Crippen LogP contribution in [0.1, 0.15) is 21.5 Å². The molecular formula is C13H11NO3. The van der Waals surface area contributed by atoms with Crippen molar-refractivity contribution >= 4 is 5.97 Å². The molecule has 1 aromatic heterocycles. The summed E-state index contributed by atoms with van der Waals surface area (Å²) in [4.78, 5) is 18.9. The lowest BCUT2D eigenvalue weighted by Gasteiger charge is -2.05. The van der Waals surface area contributed by atoms with Crippen molar-refractivity contribution in [2.75, 3.05) is 0 Å². The molecule has 17 heavy (non-hydrogen) atoms. The molecule has 0 saturated carbocycles. The van der Waals surface area contributed by atoms with Crippen LogP contribution >= 0.6 is 0 Å². The molecule has 0 aliphatic carbocycles. The van der Waals surface area contributed by atoms with Crippen LogP contribution in [0, 0.1) is 0 Å². The van der Waals surface area contributed by atoms with Gasteiger partial charge < -0.3 is 0 Å². The summed E-state index contributed by atoms with van der Waals surface area (Å²) in [6, 6.07) is 11.5. The Morgan fingerprint density at radius 1 is 1.24 bits per heavy atom. The highest BCUT2D eigenvalue weighted by atomic mass is 17.1. The summed E-state index contributed by atoms with van der Waals surface area (Å²) >= 11 is 0. The number of nitrogens with zero attached hydrogens (tertiary/aromatic N) is 1. The predicted octanol–water partition coefficient (Wildman–Crippen LogP) is 2.30. The highest BCUT2D eigenvalue weighted by molar-refractivity contribution is 5.90. The zero-order chi connectivity index (χ0) is 12.1. The summed E-state index contributed by atoms with van der Waals surface area (Å²) in [5, 5.41) is 8.40. The van der Waals surface area contributed by atoms with Crippen LogP contribution in [0.25, 0.3) is 0 Å². The van der Waals surface area contributed by atoms with Gasteiger partial charge >= 0.3 is 5.97 Å². The summed E-state index contributed by atoms with van der Waals surface area (Å²) in [7, 11) is 0. The lowest BCUT2D eigenvalue weighted by atomic mass is 10.0. The molecule has 1 N–H and O–H groups in total. The predicted molar refractivity (Wildman–Crippen MR) is 61.5 cm³/mol. The van der Waals surface area contributed by atoms with Crippen LogP contribution < -0.4 is 0 Å². The van der Waals surface area contributed by atoms with E-state index in [1.807, 2.05) is 30.3 Å². The quantitative estimate of drug-likeness (QED) is 0.648. The van der Waals surface area contributed by atoms with Gasteiger partial charge in [0.2, 0.25) is 0 Å². The third kappa shape index (κ3) is 2.68. The Kier molecular flexibility index (Phi) is 3.47. The number of rotatable bonds is 3. The SMILES string of the molecule is O=C(OO)c1cnccc1Cc1ccccc1. The van der Waals surface area contributed by atoms with E-state index in [2.05, 4.69) is 9.87 Å². The highest BCUT2D eigenvalue weighted by Crippen LogP contribution is 2.14. The molecule has 1 heterocycles. The van der Waals surface area contributed by atoms with Gasteiger partial charge in [0.05, 0.1) is 5.56 Å². The number of carbonyl (C=O) groups excluding carboxylic acids is 1. The van der Waals surface area contributed by atoms with Crippen molar-refractivity contribution in [3.8, 4) is 0 Å². The molecule has 4 heteroatoms. The third-order valence-electron chi connectivity index (χ3n) is 2.45. The summed E-state index contributed by atoms with van der Waals surface area (Å²) in [6.45, 7) is 0. The van der Waals surface area contributed by atoms with Gasteiger partial charge in [0.15, 0.2) is 0 Å². The molecule has 0 aliphatic heterocycles. The Bertz CT molecular complexity index is 511. The molecule has 0 spiro atoms. The maximum absolute atomic E-state index is 11.3. The van der Waals surface area contributed by atoms with Crippen molar-refractivity contribution in [2.45, 2.75) is 6.42 Å². The minimum Gasteiger partial charge on any atom is -0.295 e. The summed E-state index contributed by atoms with van der Waals surface area (Å²) in [6.07, 6.45) is 3.58. The van der Waals surface area contributed by atoms with Crippen LogP contribution in [0.3, 0.4) is 0 Å². The van der Waals surface area contributed by atoms with Crippen molar-refractivity contribution in [3.05, 3.63) is 65.5 Å². The molecule has 1 aromatic carbocycles. The molecule has 0 saturated heterocycles. The van der Waals surface area contributed by atoms with E-state index in [0.717, 1.165) is 11.1 Å². The van der Waals surface area contributed by atoms with Gasteiger partial charge in [0.1, 0.15) is 0 Å². The van der Waals surface area contributed by atoms with E-state index < -0.39 is 5.97 Å². The van der Waals surface area contributed by atoms with Crippen LogP contribution in [-0.2, 0) is 11.3 Å². The van der Waals surface area contributed by atoms with Crippen molar-refractivity contribution in [2.24, 2.45) is 0 Å². The number of carbonyl (C=O) groups is 1. The van der Waals surface area contributed by atoms with Gasteiger partial charge in [-0.05, 0) is 23.6 Å². The zero-order valence-corrected chi connectivity index (χ0v) is 9.04. The maximum atomic E-state index is 11.3. The van der Waals surface area contributed by atoms with Crippen molar-refractivity contribution in [3.63, 3.8) is 0 Å². The fourth-order valence-corrected chi connectivity index (χ4v) is 1.63. The van der Waals surface area contributed by atoms with E-state index in [1.54, 1.807) is 12.3 Å². The molecule has 0 atom stereocenters. The second-order valence-corrected chi connectivity index (χ2v) is 3.57. The van der Waals surface area contributed by atoms with Crippen molar-refractivity contribution < 1.29 is 14.9 Å². The Hall–Kier alpha value is -2.20. The Labute approximate surface area is 98.4 Å². The first-order valence-electron chi connectivity index (χ1n) is 5.14. The van der Waals surface area contributed by atoms with E-state index in [4.69, 9.17) is 5.26 Å². The average molecular weight is 229 g/mol. The van der Waals surface area contributed by atoms with Gasteiger partial charge in [0.25, 0.3) is 0 Å². The molecule has 2 rings (SSSR count). The van der Waals surface area contributed by atoms with Gasteiger partial charge in [0, 0.05) is 12.4 Å². The number of hydrogen-bond acceptors (Lipinski definition) is 4. The molecule has 0 radical (unpaired) electrons. The minimum atomic E-state index is -0.788. The van der Waals surface area contributed by atoms with E-state index in [0.29, 0.717) is 6.42 Å². The van der Waals surface area contributed by atoms with Gasteiger partial charge in [-0.1, -0.05) is 30.3 Å². The molecule has 86 valence electrons. The van der Waals surface area contributed by atoms with Gasteiger partial charge in [-0.3, -0.25) is 9.87 Å². The highest BCUT2D eigenvalue weighted by Gasteiger charge is 2.12. The molecule has 0 unspecified atom stereocenters. The fraction of sp³-hybridized carbons (Fsp3) is 0.0769. The summed E-state index contributed by atoms with van der Waals surface area (Å²) < 4.78 is 0. The van der Waals surface area contributed by atoms with Crippen LogP contribution in [0.4, 0.5) is 0 Å². The molecule has 0 aliphatic rings. The van der Waals surface area contributed by atoms with E-state index in [-0.39, 0.29) is 5.56 Å². The second kappa shape index (κ2) is 5.23.